The van der Waals surface area contributed by atoms with Gasteiger partial charge in [0.2, 0.25) is 0 Å². The van der Waals surface area contributed by atoms with Crippen LogP contribution in [0.1, 0.15) is 26.5 Å². The molecular formula is C17H33IN4O2. The van der Waals surface area contributed by atoms with Gasteiger partial charge in [0.15, 0.2) is 5.96 Å². The zero-order valence-electron chi connectivity index (χ0n) is 15.5. The maximum absolute atomic E-state index is 9.98. The van der Waals surface area contributed by atoms with E-state index in [0.29, 0.717) is 25.7 Å². The molecule has 0 saturated heterocycles. The molecule has 6 nitrogen and oxygen atoms in total. The summed E-state index contributed by atoms with van der Waals surface area (Å²) in [4.78, 5) is 6.57. The first-order valence-electron chi connectivity index (χ1n) is 8.29. The molecule has 1 rings (SSSR count). The molecule has 1 aromatic rings. The van der Waals surface area contributed by atoms with E-state index in [2.05, 4.69) is 39.7 Å². The smallest absolute Gasteiger partial charge is 0.194 e. The predicted octanol–water partition coefficient (Wildman–Crippen LogP) is 2.07. The molecule has 1 atom stereocenters. The van der Waals surface area contributed by atoms with Crippen molar-refractivity contribution in [2.75, 3.05) is 33.4 Å². The molecule has 0 aliphatic heterocycles. The van der Waals surface area contributed by atoms with Gasteiger partial charge in [-0.3, -0.25) is 4.99 Å². The SMILES string of the molecule is CCNC(=NCC(O)COCC(C)C)N(C)Cc1cccn1C.I. The van der Waals surface area contributed by atoms with Gasteiger partial charge >= 0.3 is 0 Å². The van der Waals surface area contributed by atoms with E-state index in [1.807, 2.05) is 33.3 Å². The summed E-state index contributed by atoms with van der Waals surface area (Å²) in [7, 11) is 4.03. The van der Waals surface area contributed by atoms with E-state index < -0.39 is 6.10 Å². The molecule has 0 saturated carbocycles. The Morgan fingerprint density at radius 1 is 1.42 bits per heavy atom. The number of aliphatic imine (C=N–C) groups is 1. The second-order valence-corrected chi connectivity index (χ2v) is 6.25. The van der Waals surface area contributed by atoms with Crippen molar-refractivity contribution in [3.8, 4) is 0 Å². The fourth-order valence-corrected chi connectivity index (χ4v) is 2.13. The van der Waals surface area contributed by atoms with E-state index in [9.17, 15) is 5.11 Å². The molecule has 0 bridgehead atoms. The van der Waals surface area contributed by atoms with Gasteiger partial charge in [0.1, 0.15) is 0 Å². The van der Waals surface area contributed by atoms with E-state index in [0.717, 1.165) is 19.0 Å². The van der Waals surface area contributed by atoms with E-state index >= 15 is 0 Å². The summed E-state index contributed by atoms with van der Waals surface area (Å²) >= 11 is 0. The van der Waals surface area contributed by atoms with Crippen LogP contribution in [-0.2, 0) is 18.3 Å². The lowest BCUT2D eigenvalue weighted by molar-refractivity contribution is 0.0300. The van der Waals surface area contributed by atoms with Gasteiger partial charge in [-0.05, 0) is 25.0 Å². The second-order valence-electron chi connectivity index (χ2n) is 6.25. The van der Waals surface area contributed by atoms with Gasteiger partial charge in [-0.1, -0.05) is 13.8 Å². The number of aliphatic hydroxyl groups is 1. The average molecular weight is 452 g/mol. The quantitative estimate of drug-likeness (QED) is 0.342. The third-order valence-electron chi connectivity index (χ3n) is 3.36. The predicted molar refractivity (Wildman–Crippen MR) is 110 cm³/mol. The Morgan fingerprint density at radius 2 is 2.12 bits per heavy atom. The molecule has 1 unspecified atom stereocenters. The first kappa shape index (κ1) is 23.2. The van der Waals surface area contributed by atoms with Crippen LogP contribution in [0.5, 0.6) is 0 Å². The van der Waals surface area contributed by atoms with Gasteiger partial charge in [0.05, 0.1) is 25.8 Å². The van der Waals surface area contributed by atoms with Crippen LogP contribution >= 0.6 is 24.0 Å². The van der Waals surface area contributed by atoms with Crippen molar-refractivity contribution < 1.29 is 9.84 Å². The Balaban J connectivity index is 0.00000529. The van der Waals surface area contributed by atoms with Crippen LogP contribution < -0.4 is 5.32 Å². The third-order valence-corrected chi connectivity index (χ3v) is 3.36. The Labute approximate surface area is 163 Å². The summed E-state index contributed by atoms with van der Waals surface area (Å²) in [5, 5.41) is 13.2. The summed E-state index contributed by atoms with van der Waals surface area (Å²) in [5.74, 6) is 1.26. The van der Waals surface area contributed by atoms with Crippen molar-refractivity contribution in [1.29, 1.82) is 0 Å². The van der Waals surface area contributed by atoms with Crippen LogP contribution in [0.3, 0.4) is 0 Å². The third kappa shape index (κ3) is 8.89. The molecule has 140 valence electrons. The number of hydrogen-bond acceptors (Lipinski definition) is 3. The minimum Gasteiger partial charge on any atom is -0.389 e. The fraction of sp³-hybridized carbons (Fsp3) is 0.706. The number of halogens is 1. The highest BCUT2D eigenvalue weighted by Crippen LogP contribution is 2.04. The topological polar surface area (TPSA) is 62.0 Å². The van der Waals surface area contributed by atoms with Crippen molar-refractivity contribution in [3.63, 3.8) is 0 Å². The normalized spacial score (nSPS) is 12.9. The van der Waals surface area contributed by atoms with Gasteiger partial charge in [-0.25, -0.2) is 0 Å². The summed E-state index contributed by atoms with van der Waals surface area (Å²) in [6.45, 7) is 9.08. The molecule has 0 fully saturated rings. The number of aromatic nitrogens is 1. The lowest BCUT2D eigenvalue weighted by Crippen LogP contribution is -2.39. The molecule has 0 amide bonds. The van der Waals surface area contributed by atoms with Gasteiger partial charge in [-0.2, -0.15) is 0 Å². The molecule has 0 aliphatic carbocycles. The van der Waals surface area contributed by atoms with Crippen LogP contribution in [0.15, 0.2) is 23.3 Å². The molecule has 24 heavy (non-hydrogen) atoms. The van der Waals surface area contributed by atoms with E-state index in [1.54, 1.807) is 0 Å². The molecule has 0 aliphatic rings. The highest BCUT2D eigenvalue weighted by Gasteiger charge is 2.10. The number of nitrogens with zero attached hydrogens (tertiary/aromatic N) is 3. The Hall–Kier alpha value is -0.800. The Morgan fingerprint density at radius 3 is 2.67 bits per heavy atom. The molecule has 7 heteroatoms. The summed E-state index contributed by atoms with van der Waals surface area (Å²) in [5.41, 5.74) is 1.21. The van der Waals surface area contributed by atoms with E-state index in [4.69, 9.17) is 4.74 Å². The average Bonchev–Trinajstić information content (AvgIpc) is 2.88. The lowest BCUT2D eigenvalue weighted by Gasteiger charge is -2.23. The van der Waals surface area contributed by atoms with Gasteiger partial charge in [0, 0.05) is 39.1 Å². The first-order valence-corrected chi connectivity index (χ1v) is 8.29. The summed E-state index contributed by atoms with van der Waals surface area (Å²) < 4.78 is 7.55. The van der Waals surface area contributed by atoms with Gasteiger partial charge < -0.3 is 24.6 Å². The molecule has 0 aromatic carbocycles. The maximum atomic E-state index is 9.98. The van der Waals surface area contributed by atoms with Crippen molar-refractivity contribution in [2.24, 2.45) is 18.0 Å². The first-order chi connectivity index (χ1) is 10.9. The number of hydrogen-bond donors (Lipinski definition) is 2. The van der Waals surface area contributed by atoms with Crippen LogP contribution in [-0.4, -0.2) is 60.0 Å². The van der Waals surface area contributed by atoms with Crippen LogP contribution in [0.2, 0.25) is 0 Å². The van der Waals surface area contributed by atoms with Gasteiger partial charge in [0.25, 0.3) is 0 Å². The lowest BCUT2D eigenvalue weighted by atomic mass is 10.2. The number of ether oxygens (including phenoxy) is 1. The molecule has 0 radical (unpaired) electrons. The summed E-state index contributed by atoms with van der Waals surface area (Å²) in [6.07, 6.45) is 1.45. The Bertz CT molecular complexity index is 477. The van der Waals surface area contributed by atoms with Crippen LogP contribution in [0, 0.1) is 5.92 Å². The number of aryl methyl sites for hydroxylation is 1. The minimum absolute atomic E-state index is 0. The molecule has 2 N–H and O–H groups in total. The molecule has 1 aromatic heterocycles. The second kappa shape index (κ2) is 12.5. The van der Waals surface area contributed by atoms with E-state index in [1.165, 1.54) is 5.69 Å². The van der Waals surface area contributed by atoms with Crippen molar-refractivity contribution >= 4 is 29.9 Å². The monoisotopic (exact) mass is 452 g/mol. The Kier molecular flexibility index (Phi) is 12.1. The van der Waals surface area contributed by atoms with Crippen LogP contribution in [0.4, 0.5) is 0 Å². The van der Waals surface area contributed by atoms with Crippen LogP contribution in [0.25, 0.3) is 0 Å². The number of guanidine groups is 1. The highest BCUT2D eigenvalue weighted by atomic mass is 127. The standard InChI is InChI=1S/C17H32N4O2.HI/c1-6-18-17(19-10-16(22)13-23-12-14(2)3)21(5)11-15-8-7-9-20(15)4;/h7-9,14,16,22H,6,10-13H2,1-5H3,(H,18,19);1H. The number of rotatable bonds is 9. The van der Waals surface area contributed by atoms with Gasteiger partial charge in [-0.15, -0.1) is 24.0 Å². The zero-order valence-corrected chi connectivity index (χ0v) is 17.9. The minimum atomic E-state index is -0.578. The van der Waals surface area contributed by atoms with Crippen molar-refractivity contribution in [3.05, 3.63) is 24.0 Å². The fourth-order valence-electron chi connectivity index (χ4n) is 2.13. The maximum Gasteiger partial charge on any atom is 0.194 e. The summed E-state index contributed by atoms with van der Waals surface area (Å²) in [6, 6.07) is 4.12. The van der Waals surface area contributed by atoms with Crippen molar-refractivity contribution in [2.45, 2.75) is 33.4 Å². The van der Waals surface area contributed by atoms with E-state index in [-0.39, 0.29) is 24.0 Å². The zero-order chi connectivity index (χ0) is 17.2. The largest absolute Gasteiger partial charge is 0.389 e. The molecule has 0 spiro atoms. The number of aliphatic hydroxyl groups excluding tert-OH is 1. The van der Waals surface area contributed by atoms with Crippen molar-refractivity contribution in [1.82, 2.24) is 14.8 Å². The molecule has 1 heterocycles. The molecular weight excluding hydrogens is 419 g/mol. The number of nitrogens with one attached hydrogen (secondary N) is 1. The highest BCUT2D eigenvalue weighted by molar-refractivity contribution is 14.0.